The summed E-state index contributed by atoms with van der Waals surface area (Å²) in [5.74, 6) is 0.0956. The molecule has 10 heteroatoms. The van der Waals surface area contributed by atoms with Crippen LogP contribution < -0.4 is 5.32 Å². The van der Waals surface area contributed by atoms with Crippen LogP contribution in [0.2, 0.25) is 5.02 Å². The first kappa shape index (κ1) is 21.9. The molecule has 30 heavy (non-hydrogen) atoms. The van der Waals surface area contributed by atoms with E-state index in [0.29, 0.717) is 34.3 Å². The summed E-state index contributed by atoms with van der Waals surface area (Å²) in [5.41, 5.74) is 1.98. The van der Waals surface area contributed by atoms with E-state index >= 15 is 0 Å². The van der Waals surface area contributed by atoms with Gasteiger partial charge in [0, 0.05) is 18.2 Å². The quantitative estimate of drug-likeness (QED) is 0.602. The molecule has 2 aromatic heterocycles. The smallest absolute Gasteiger partial charge is 0.309 e. The van der Waals surface area contributed by atoms with Gasteiger partial charge < -0.3 is 5.32 Å². The Balaban J connectivity index is 1.63. The van der Waals surface area contributed by atoms with Gasteiger partial charge in [-0.15, -0.1) is 0 Å². The molecule has 0 aliphatic rings. The lowest BCUT2D eigenvalue weighted by Crippen LogP contribution is -2.16. The number of carbonyl (C=O) groups is 1. The van der Waals surface area contributed by atoms with E-state index in [1.807, 2.05) is 6.92 Å². The Morgan fingerprint density at radius 2 is 1.87 bits per heavy atom. The Kier molecular flexibility index (Phi) is 6.21. The van der Waals surface area contributed by atoms with Gasteiger partial charge in [-0.25, -0.2) is 0 Å². The third-order valence-electron chi connectivity index (χ3n) is 4.68. The first-order chi connectivity index (χ1) is 14.0. The number of nitrogens with one attached hydrogen (secondary N) is 1. The standard InChI is InChI=1S/C20H21ClF3N5O/c1-12-9-17(25-18(30)7-8-28-14(3)19(21)13(2)26-28)27-29(12)11-15-5-4-6-16(10-15)20(22,23)24/h4-6,9-10H,7-8,11H2,1-3H3,(H,25,27,30). The van der Waals surface area contributed by atoms with Gasteiger partial charge in [-0.1, -0.05) is 23.7 Å². The topological polar surface area (TPSA) is 64.7 Å². The lowest BCUT2D eigenvalue weighted by molar-refractivity contribution is -0.137. The minimum atomic E-state index is -4.40. The van der Waals surface area contributed by atoms with Crippen LogP contribution in [-0.4, -0.2) is 25.5 Å². The molecule has 0 unspecified atom stereocenters. The molecule has 0 atom stereocenters. The maximum Gasteiger partial charge on any atom is 0.416 e. The van der Waals surface area contributed by atoms with Crippen LogP contribution in [0.4, 0.5) is 19.0 Å². The average molecular weight is 440 g/mol. The average Bonchev–Trinajstić information content (AvgIpc) is 3.13. The number of halogens is 4. The van der Waals surface area contributed by atoms with Gasteiger partial charge in [-0.2, -0.15) is 23.4 Å². The highest BCUT2D eigenvalue weighted by Gasteiger charge is 2.30. The summed E-state index contributed by atoms with van der Waals surface area (Å²) >= 11 is 6.11. The van der Waals surface area contributed by atoms with E-state index in [1.54, 1.807) is 35.3 Å². The number of alkyl halides is 3. The van der Waals surface area contributed by atoms with Gasteiger partial charge in [-0.05, 0) is 38.5 Å². The molecule has 160 valence electrons. The van der Waals surface area contributed by atoms with Crippen LogP contribution >= 0.6 is 11.6 Å². The lowest BCUT2D eigenvalue weighted by Gasteiger charge is -2.09. The lowest BCUT2D eigenvalue weighted by atomic mass is 10.1. The Hall–Kier alpha value is -2.81. The summed E-state index contributed by atoms with van der Waals surface area (Å²) in [6, 6.07) is 6.77. The fourth-order valence-corrected chi connectivity index (χ4v) is 3.19. The van der Waals surface area contributed by atoms with E-state index in [9.17, 15) is 18.0 Å². The first-order valence-corrected chi connectivity index (χ1v) is 9.62. The van der Waals surface area contributed by atoms with Crippen molar-refractivity contribution in [3.63, 3.8) is 0 Å². The van der Waals surface area contributed by atoms with Gasteiger partial charge in [0.05, 0.1) is 35.1 Å². The highest BCUT2D eigenvalue weighted by Crippen LogP contribution is 2.29. The van der Waals surface area contributed by atoms with Gasteiger partial charge in [0.2, 0.25) is 5.91 Å². The minimum absolute atomic E-state index is 0.163. The normalized spacial score (nSPS) is 11.7. The Bertz CT molecular complexity index is 1070. The second-order valence-corrected chi connectivity index (χ2v) is 7.41. The van der Waals surface area contributed by atoms with Gasteiger partial charge in [0.1, 0.15) is 0 Å². The summed E-state index contributed by atoms with van der Waals surface area (Å²) in [6.45, 7) is 5.93. The van der Waals surface area contributed by atoms with Crippen molar-refractivity contribution in [2.24, 2.45) is 0 Å². The van der Waals surface area contributed by atoms with Crippen LogP contribution in [-0.2, 0) is 24.1 Å². The van der Waals surface area contributed by atoms with Crippen molar-refractivity contribution in [1.82, 2.24) is 19.6 Å². The molecule has 1 amide bonds. The van der Waals surface area contributed by atoms with Crippen LogP contribution in [0.5, 0.6) is 0 Å². The number of amides is 1. The molecule has 0 radical (unpaired) electrons. The zero-order chi connectivity index (χ0) is 22.1. The molecule has 1 aromatic carbocycles. The summed E-state index contributed by atoms with van der Waals surface area (Å²) in [4.78, 5) is 12.3. The maximum absolute atomic E-state index is 12.9. The van der Waals surface area contributed by atoms with Gasteiger partial charge in [0.25, 0.3) is 0 Å². The monoisotopic (exact) mass is 439 g/mol. The molecule has 0 saturated carbocycles. The Morgan fingerprint density at radius 3 is 2.50 bits per heavy atom. The Morgan fingerprint density at radius 1 is 1.13 bits per heavy atom. The zero-order valence-electron chi connectivity index (χ0n) is 16.7. The second-order valence-electron chi connectivity index (χ2n) is 7.03. The summed E-state index contributed by atoms with van der Waals surface area (Å²) in [6.07, 6.45) is -4.22. The van der Waals surface area contributed by atoms with Crippen LogP contribution in [0.15, 0.2) is 30.3 Å². The van der Waals surface area contributed by atoms with Crippen molar-refractivity contribution >= 4 is 23.3 Å². The van der Waals surface area contributed by atoms with Crippen molar-refractivity contribution in [3.05, 3.63) is 63.6 Å². The molecule has 3 rings (SSSR count). The molecular formula is C20H21ClF3N5O. The van der Waals surface area contributed by atoms with Crippen LogP contribution in [0, 0.1) is 20.8 Å². The SMILES string of the molecule is Cc1nn(CCC(=O)Nc2cc(C)n(Cc3cccc(C(F)(F)F)c3)n2)c(C)c1Cl. The number of carbonyl (C=O) groups excluding carboxylic acids is 1. The molecule has 3 aromatic rings. The molecule has 0 aliphatic carbocycles. The molecule has 6 nitrogen and oxygen atoms in total. The number of hydrogen-bond acceptors (Lipinski definition) is 3. The van der Waals surface area contributed by atoms with Gasteiger partial charge in [0.15, 0.2) is 5.82 Å². The predicted octanol–water partition coefficient (Wildman–Crippen LogP) is 4.75. The summed E-state index contributed by atoms with van der Waals surface area (Å²) in [7, 11) is 0. The third-order valence-corrected chi connectivity index (χ3v) is 5.23. The molecular weight excluding hydrogens is 419 g/mol. The number of nitrogens with zero attached hydrogens (tertiary/aromatic N) is 4. The summed E-state index contributed by atoms with van der Waals surface area (Å²) in [5, 5.41) is 11.9. The van der Waals surface area contributed by atoms with E-state index in [1.165, 1.54) is 6.07 Å². The number of hydrogen-bond donors (Lipinski definition) is 1. The Labute approximate surface area is 176 Å². The van der Waals surface area contributed by atoms with E-state index in [-0.39, 0.29) is 18.9 Å². The highest BCUT2D eigenvalue weighted by atomic mass is 35.5. The van der Waals surface area contributed by atoms with Crippen LogP contribution in [0.25, 0.3) is 0 Å². The molecule has 0 aliphatic heterocycles. The molecule has 0 saturated heterocycles. The number of anilines is 1. The highest BCUT2D eigenvalue weighted by molar-refractivity contribution is 6.31. The number of benzene rings is 1. The second kappa shape index (κ2) is 8.51. The third kappa shape index (κ3) is 5.02. The van der Waals surface area contributed by atoms with E-state index in [0.717, 1.165) is 17.8 Å². The maximum atomic E-state index is 12.9. The molecule has 0 bridgehead atoms. The predicted molar refractivity (Wildman–Crippen MR) is 107 cm³/mol. The minimum Gasteiger partial charge on any atom is -0.309 e. The molecule has 0 fully saturated rings. The fraction of sp³-hybridized carbons (Fsp3) is 0.350. The van der Waals surface area contributed by atoms with Crippen LogP contribution in [0.1, 0.15) is 34.6 Å². The number of aryl methyl sites for hydroxylation is 3. The van der Waals surface area contributed by atoms with Gasteiger partial charge in [-0.3, -0.25) is 14.2 Å². The van der Waals surface area contributed by atoms with Crippen molar-refractivity contribution in [3.8, 4) is 0 Å². The summed E-state index contributed by atoms with van der Waals surface area (Å²) < 4.78 is 41.9. The number of aromatic nitrogens is 4. The van der Waals surface area contributed by atoms with Crippen molar-refractivity contribution in [2.75, 3.05) is 5.32 Å². The van der Waals surface area contributed by atoms with Crippen LogP contribution in [0.3, 0.4) is 0 Å². The zero-order valence-corrected chi connectivity index (χ0v) is 17.5. The molecule has 2 heterocycles. The molecule has 1 N–H and O–H groups in total. The first-order valence-electron chi connectivity index (χ1n) is 9.24. The van der Waals surface area contributed by atoms with Crippen molar-refractivity contribution in [2.45, 2.75) is 46.5 Å². The number of rotatable bonds is 6. The van der Waals surface area contributed by atoms with Gasteiger partial charge >= 0.3 is 6.18 Å². The van der Waals surface area contributed by atoms with E-state index < -0.39 is 11.7 Å². The largest absolute Gasteiger partial charge is 0.416 e. The fourth-order valence-electron chi connectivity index (χ4n) is 3.06. The van der Waals surface area contributed by atoms with E-state index in [4.69, 9.17) is 11.6 Å². The van der Waals surface area contributed by atoms with Crippen molar-refractivity contribution in [1.29, 1.82) is 0 Å². The molecule has 0 spiro atoms. The van der Waals surface area contributed by atoms with Crippen molar-refractivity contribution < 1.29 is 18.0 Å². The van der Waals surface area contributed by atoms with E-state index in [2.05, 4.69) is 15.5 Å².